The highest BCUT2D eigenvalue weighted by Gasteiger charge is 2.25. The maximum Gasteiger partial charge on any atom is 0.338 e. The zero-order valence-corrected chi connectivity index (χ0v) is 17.5. The minimum atomic E-state index is -0.368. The van der Waals surface area contributed by atoms with Gasteiger partial charge >= 0.3 is 5.97 Å². The minimum Gasteiger partial charge on any atom is -0.462 e. The number of rotatable bonds is 6. The predicted octanol–water partition coefficient (Wildman–Crippen LogP) is 4.33. The van der Waals surface area contributed by atoms with Gasteiger partial charge in [0, 0.05) is 18.2 Å². The molecule has 3 rings (SSSR count). The number of amides is 1. The van der Waals surface area contributed by atoms with E-state index in [0.717, 1.165) is 38.0 Å². The van der Waals surface area contributed by atoms with Gasteiger partial charge in [0.05, 0.1) is 12.2 Å². The number of anilines is 1. The number of esters is 1. The van der Waals surface area contributed by atoms with Crippen molar-refractivity contribution in [3.8, 4) is 0 Å². The Balaban J connectivity index is 1.57. The van der Waals surface area contributed by atoms with Crippen molar-refractivity contribution >= 4 is 17.6 Å². The van der Waals surface area contributed by atoms with Crippen LogP contribution in [-0.2, 0) is 16.1 Å². The molecule has 5 heteroatoms. The summed E-state index contributed by atoms with van der Waals surface area (Å²) in [6, 6.07) is 13.7. The highest BCUT2D eigenvalue weighted by molar-refractivity contribution is 5.96. The van der Waals surface area contributed by atoms with E-state index in [1.165, 1.54) is 11.1 Å². The topological polar surface area (TPSA) is 58.6 Å². The molecule has 2 aromatic carbocycles. The Morgan fingerprint density at radius 1 is 1.07 bits per heavy atom. The molecule has 1 aliphatic heterocycles. The second-order valence-electron chi connectivity index (χ2n) is 7.72. The maximum atomic E-state index is 12.8. The number of hydrogen-bond donors (Lipinski definition) is 1. The van der Waals surface area contributed by atoms with Crippen LogP contribution in [0, 0.1) is 19.8 Å². The quantitative estimate of drug-likeness (QED) is 0.741. The van der Waals surface area contributed by atoms with Crippen molar-refractivity contribution in [2.45, 2.75) is 40.2 Å². The average molecular weight is 395 g/mol. The number of nitrogens with one attached hydrogen (secondary N) is 1. The van der Waals surface area contributed by atoms with Crippen LogP contribution in [0.1, 0.15) is 46.8 Å². The van der Waals surface area contributed by atoms with E-state index in [1.807, 2.05) is 13.0 Å². The number of hydrogen-bond acceptors (Lipinski definition) is 4. The van der Waals surface area contributed by atoms with Crippen molar-refractivity contribution in [3.05, 3.63) is 64.7 Å². The number of ether oxygens (including phenoxy) is 1. The van der Waals surface area contributed by atoms with Gasteiger partial charge in [-0.25, -0.2) is 4.79 Å². The summed E-state index contributed by atoms with van der Waals surface area (Å²) in [5.41, 5.74) is 4.73. The second kappa shape index (κ2) is 9.70. The fourth-order valence-corrected chi connectivity index (χ4v) is 3.71. The van der Waals surface area contributed by atoms with Crippen molar-refractivity contribution < 1.29 is 14.3 Å². The van der Waals surface area contributed by atoms with E-state index < -0.39 is 0 Å². The Kier molecular flexibility index (Phi) is 7.04. The van der Waals surface area contributed by atoms with Crippen molar-refractivity contribution in [2.75, 3.05) is 25.0 Å². The lowest BCUT2D eigenvalue weighted by atomic mass is 9.95. The molecule has 0 bridgehead atoms. The van der Waals surface area contributed by atoms with Gasteiger partial charge in [0.1, 0.15) is 0 Å². The number of carbonyl (C=O) groups excluding carboxylic acids is 2. The molecule has 29 heavy (non-hydrogen) atoms. The monoisotopic (exact) mass is 394 g/mol. The Morgan fingerprint density at radius 2 is 1.79 bits per heavy atom. The van der Waals surface area contributed by atoms with Crippen LogP contribution in [0.4, 0.5) is 5.69 Å². The summed E-state index contributed by atoms with van der Waals surface area (Å²) in [6.45, 7) is 8.93. The van der Waals surface area contributed by atoms with E-state index in [-0.39, 0.29) is 17.8 Å². The summed E-state index contributed by atoms with van der Waals surface area (Å²) < 4.78 is 5.06. The fraction of sp³-hybridized carbons (Fsp3) is 0.417. The Hall–Kier alpha value is -2.66. The van der Waals surface area contributed by atoms with Crippen molar-refractivity contribution in [3.63, 3.8) is 0 Å². The smallest absolute Gasteiger partial charge is 0.338 e. The number of piperidine rings is 1. The first-order valence-electron chi connectivity index (χ1n) is 10.3. The van der Waals surface area contributed by atoms with E-state index in [4.69, 9.17) is 4.74 Å². The molecule has 0 aromatic heterocycles. The summed E-state index contributed by atoms with van der Waals surface area (Å²) >= 11 is 0. The normalized spacial score (nSPS) is 15.1. The molecule has 1 amide bonds. The van der Waals surface area contributed by atoms with Gasteiger partial charge in [0.25, 0.3) is 0 Å². The molecule has 0 unspecified atom stereocenters. The molecule has 0 aliphatic carbocycles. The van der Waals surface area contributed by atoms with Gasteiger partial charge in [-0.05, 0) is 75.5 Å². The SMILES string of the molecule is CCOC(=O)c1ccc(C)c(NC(=O)C2CCN(Cc3ccccc3C)CC2)c1. The second-order valence-corrected chi connectivity index (χ2v) is 7.72. The lowest BCUT2D eigenvalue weighted by Gasteiger charge is -2.31. The molecule has 1 saturated heterocycles. The van der Waals surface area contributed by atoms with Gasteiger partial charge in [-0.1, -0.05) is 30.3 Å². The Labute approximate surface area is 173 Å². The van der Waals surface area contributed by atoms with Gasteiger partial charge in [-0.2, -0.15) is 0 Å². The summed E-state index contributed by atoms with van der Waals surface area (Å²) in [4.78, 5) is 27.2. The zero-order chi connectivity index (χ0) is 20.8. The predicted molar refractivity (Wildman–Crippen MR) is 115 cm³/mol. The maximum absolute atomic E-state index is 12.8. The van der Waals surface area contributed by atoms with Gasteiger partial charge in [0.15, 0.2) is 0 Å². The van der Waals surface area contributed by atoms with Crippen LogP contribution in [0.2, 0.25) is 0 Å². The Morgan fingerprint density at radius 3 is 2.48 bits per heavy atom. The molecule has 1 fully saturated rings. The molecule has 0 radical (unpaired) electrons. The number of likely N-dealkylation sites (tertiary alicyclic amines) is 1. The molecule has 5 nitrogen and oxygen atoms in total. The van der Waals surface area contributed by atoms with Crippen LogP contribution in [0.15, 0.2) is 42.5 Å². The first-order chi connectivity index (χ1) is 14.0. The van der Waals surface area contributed by atoms with E-state index in [1.54, 1.807) is 19.1 Å². The molecular weight excluding hydrogens is 364 g/mol. The van der Waals surface area contributed by atoms with E-state index in [9.17, 15) is 9.59 Å². The van der Waals surface area contributed by atoms with Gasteiger partial charge in [-0.3, -0.25) is 9.69 Å². The van der Waals surface area contributed by atoms with E-state index in [0.29, 0.717) is 17.9 Å². The lowest BCUT2D eigenvalue weighted by Crippen LogP contribution is -2.38. The third-order valence-electron chi connectivity index (χ3n) is 5.62. The number of nitrogens with zero attached hydrogens (tertiary/aromatic N) is 1. The van der Waals surface area contributed by atoms with Crippen LogP contribution in [0.3, 0.4) is 0 Å². The summed E-state index contributed by atoms with van der Waals surface area (Å²) in [7, 11) is 0. The van der Waals surface area contributed by atoms with Crippen LogP contribution in [-0.4, -0.2) is 36.5 Å². The summed E-state index contributed by atoms with van der Waals surface area (Å²) in [5.74, 6) is -0.342. The fourth-order valence-electron chi connectivity index (χ4n) is 3.71. The molecule has 2 aromatic rings. The first kappa shape index (κ1) is 21.1. The summed E-state index contributed by atoms with van der Waals surface area (Å²) in [6.07, 6.45) is 1.68. The van der Waals surface area contributed by atoms with Crippen molar-refractivity contribution in [1.29, 1.82) is 0 Å². The van der Waals surface area contributed by atoms with Gasteiger partial charge in [0.2, 0.25) is 5.91 Å². The van der Waals surface area contributed by atoms with Crippen LogP contribution >= 0.6 is 0 Å². The first-order valence-corrected chi connectivity index (χ1v) is 10.3. The van der Waals surface area contributed by atoms with Gasteiger partial charge in [-0.15, -0.1) is 0 Å². The van der Waals surface area contributed by atoms with Crippen molar-refractivity contribution in [1.82, 2.24) is 4.90 Å². The molecule has 1 heterocycles. The van der Waals surface area contributed by atoms with E-state index in [2.05, 4.69) is 41.4 Å². The third-order valence-corrected chi connectivity index (χ3v) is 5.62. The number of carbonyl (C=O) groups is 2. The number of benzene rings is 2. The molecule has 1 N–H and O–H groups in total. The van der Waals surface area contributed by atoms with E-state index >= 15 is 0 Å². The Bertz CT molecular complexity index is 870. The molecular formula is C24H30N2O3. The molecule has 0 saturated carbocycles. The van der Waals surface area contributed by atoms with Crippen LogP contribution in [0.25, 0.3) is 0 Å². The van der Waals surface area contributed by atoms with Gasteiger partial charge < -0.3 is 10.1 Å². The standard InChI is InChI=1S/C24H30N2O3/c1-4-29-24(28)20-10-9-18(3)22(15-20)25-23(27)19-11-13-26(14-12-19)16-21-8-6-5-7-17(21)2/h5-10,15,19H,4,11-14,16H2,1-3H3,(H,25,27). The van der Waals surface area contributed by atoms with Crippen LogP contribution < -0.4 is 5.32 Å². The molecule has 1 aliphatic rings. The van der Waals surface area contributed by atoms with Crippen molar-refractivity contribution in [2.24, 2.45) is 5.92 Å². The third kappa shape index (κ3) is 5.45. The lowest BCUT2D eigenvalue weighted by molar-refractivity contribution is -0.121. The average Bonchev–Trinajstić information content (AvgIpc) is 2.72. The number of aryl methyl sites for hydroxylation is 2. The zero-order valence-electron chi connectivity index (χ0n) is 17.5. The largest absolute Gasteiger partial charge is 0.462 e. The summed E-state index contributed by atoms with van der Waals surface area (Å²) in [5, 5.41) is 3.03. The van der Waals surface area contributed by atoms with Crippen LogP contribution in [0.5, 0.6) is 0 Å². The minimum absolute atomic E-state index is 0.00577. The highest BCUT2D eigenvalue weighted by atomic mass is 16.5. The molecule has 0 atom stereocenters. The molecule has 0 spiro atoms. The molecule has 154 valence electrons. The highest BCUT2D eigenvalue weighted by Crippen LogP contribution is 2.24.